The summed E-state index contributed by atoms with van der Waals surface area (Å²) in [7, 11) is 0. The highest BCUT2D eigenvalue weighted by molar-refractivity contribution is 5.94. The minimum Gasteiger partial charge on any atom is -0.481 e. The summed E-state index contributed by atoms with van der Waals surface area (Å²) in [6.45, 7) is 1.62. The summed E-state index contributed by atoms with van der Waals surface area (Å²) in [5.41, 5.74) is 1.34. The van der Waals surface area contributed by atoms with Gasteiger partial charge in [0.1, 0.15) is 5.82 Å². The number of rotatable bonds is 5. The number of halogens is 1. The van der Waals surface area contributed by atoms with Gasteiger partial charge in [-0.2, -0.15) is 0 Å². The van der Waals surface area contributed by atoms with Crippen LogP contribution in [0.3, 0.4) is 0 Å². The molecule has 0 aliphatic carbocycles. The first kappa shape index (κ1) is 15.7. The van der Waals surface area contributed by atoms with Crippen molar-refractivity contribution in [2.24, 2.45) is 0 Å². The molecule has 22 heavy (non-hydrogen) atoms. The molecule has 2 N–H and O–H groups in total. The zero-order valence-corrected chi connectivity index (χ0v) is 12.0. The molecule has 0 aliphatic heterocycles. The minimum atomic E-state index is -1.07. The van der Waals surface area contributed by atoms with Crippen LogP contribution in [-0.4, -0.2) is 17.0 Å². The van der Waals surface area contributed by atoms with E-state index in [1.54, 1.807) is 49.4 Å². The SMILES string of the molecule is Cc1ccc(NC(=O)C[C@H](C(=O)O)c2ccccc2)cc1F. The molecule has 2 rings (SSSR count). The molecule has 0 aromatic heterocycles. The van der Waals surface area contributed by atoms with Crippen LogP contribution in [0.4, 0.5) is 10.1 Å². The maximum atomic E-state index is 13.4. The van der Waals surface area contributed by atoms with Crippen LogP contribution in [-0.2, 0) is 9.59 Å². The Morgan fingerprint density at radius 2 is 1.86 bits per heavy atom. The molecule has 0 saturated carbocycles. The molecule has 4 nitrogen and oxygen atoms in total. The minimum absolute atomic E-state index is 0.213. The van der Waals surface area contributed by atoms with Crippen molar-refractivity contribution in [3.8, 4) is 0 Å². The van der Waals surface area contributed by atoms with Crippen molar-refractivity contribution in [1.82, 2.24) is 0 Å². The second kappa shape index (κ2) is 6.85. The van der Waals surface area contributed by atoms with Gasteiger partial charge in [0.15, 0.2) is 0 Å². The first-order valence-corrected chi connectivity index (χ1v) is 6.81. The normalized spacial score (nSPS) is 11.7. The highest BCUT2D eigenvalue weighted by atomic mass is 19.1. The third kappa shape index (κ3) is 3.91. The second-order valence-electron chi connectivity index (χ2n) is 5.02. The van der Waals surface area contributed by atoms with E-state index in [2.05, 4.69) is 5.32 Å². The number of aliphatic carboxylic acids is 1. The Bertz CT molecular complexity index is 686. The lowest BCUT2D eigenvalue weighted by atomic mass is 9.95. The van der Waals surface area contributed by atoms with Gasteiger partial charge in [-0.3, -0.25) is 9.59 Å². The molecule has 1 amide bonds. The van der Waals surface area contributed by atoms with Gasteiger partial charge in [0.05, 0.1) is 5.92 Å². The average Bonchev–Trinajstić information content (AvgIpc) is 2.49. The van der Waals surface area contributed by atoms with Gasteiger partial charge >= 0.3 is 5.97 Å². The van der Waals surface area contributed by atoms with Gasteiger partial charge in [-0.05, 0) is 30.2 Å². The highest BCUT2D eigenvalue weighted by Gasteiger charge is 2.23. The molecule has 0 aliphatic rings. The molecule has 0 saturated heterocycles. The molecule has 1 atom stereocenters. The van der Waals surface area contributed by atoms with Gasteiger partial charge in [-0.15, -0.1) is 0 Å². The fourth-order valence-corrected chi connectivity index (χ4v) is 2.10. The summed E-state index contributed by atoms with van der Waals surface area (Å²) < 4.78 is 13.4. The van der Waals surface area contributed by atoms with Crippen molar-refractivity contribution in [3.63, 3.8) is 0 Å². The maximum absolute atomic E-state index is 13.4. The number of nitrogens with one attached hydrogen (secondary N) is 1. The Balaban J connectivity index is 2.08. The lowest BCUT2D eigenvalue weighted by Crippen LogP contribution is -2.21. The van der Waals surface area contributed by atoms with Crippen LogP contribution in [0.1, 0.15) is 23.5 Å². The molecule has 2 aromatic rings. The van der Waals surface area contributed by atoms with Crippen molar-refractivity contribution < 1.29 is 19.1 Å². The van der Waals surface area contributed by atoms with E-state index in [9.17, 15) is 19.1 Å². The van der Waals surface area contributed by atoms with Crippen molar-refractivity contribution in [3.05, 3.63) is 65.5 Å². The van der Waals surface area contributed by atoms with Gasteiger partial charge in [0.25, 0.3) is 0 Å². The molecule has 0 heterocycles. The molecule has 0 fully saturated rings. The third-order valence-electron chi connectivity index (χ3n) is 3.35. The largest absolute Gasteiger partial charge is 0.481 e. The summed E-state index contributed by atoms with van der Waals surface area (Å²) in [5, 5.41) is 11.8. The van der Waals surface area contributed by atoms with Crippen LogP contribution in [0.25, 0.3) is 0 Å². The van der Waals surface area contributed by atoms with Crippen molar-refractivity contribution in [2.45, 2.75) is 19.3 Å². The molecular formula is C17H16FNO3. The molecule has 0 bridgehead atoms. The lowest BCUT2D eigenvalue weighted by Gasteiger charge is -2.13. The van der Waals surface area contributed by atoms with Crippen LogP contribution in [0.15, 0.2) is 48.5 Å². The number of hydrogen-bond acceptors (Lipinski definition) is 2. The predicted molar refractivity (Wildman–Crippen MR) is 81.2 cm³/mol. The predicted octanol–water partition coefficient (Wildman–Crippen LogP) is 3.33. The van der Waals surface area contributed by atoms with E-state index in [1.807, 2.05) is 0 Å². The Morgan fingerprint density at radius 3 is 2.45 bits per heavy atom. The molecule has 114 valence electrons. The van der Waals surface area contributed by atoms with E-state index >= 15 is 0 Å². The number of benzene rings is 2. The Labute approximate surface area is 127 Å². The fraction of sp³-hybridized carbons (Fsp3) is 0.176. The number of anilines is 1. The number of carboxylic acids is 1. The van der Waals surface area contributed by atoms with Gasteiger partial charge in [0, 0.05) is 12.1 Å². The number of aryl methyl sites for hydroxylation is 1. The molecular weight excluding hydrogens is 285 g/mol. The smallest absolute Gasteiger partial charge is 0.311 e. The van der Waals surface area contributed by atoms with Crippen molar-refractivity contribution in [2.75, 3.05) is 5.32 Å². The Morgan fingerprint density at radius 1 is 1.18 bits per heavy atom. The Kier molecular flexibility index (Phi) is 4.88. The number of carbonyl (C=O) groups excluding carboxylic acids is 1. The van der Waals surface area contributed by atoms with Crippen LogP contribution in [0.5, 0.6) is 0 Å². The monoisotopic (exact) mass is 301 g/mol. The molecule has 0 unspecified atom stereocenters. The van der Waals surface area contributed by atoms with E-state index in [0.717, 1.165) is 0 Å². The van der Waals surface area contributed by atoms with Crippen LogP contribution >= 0.6 is 0 Å². The van der Waals surface area contributed by atoms with E-state index in [0.29, 0.717) is 16.8 Å². The number of amides is 1. The van der Waals surface area contributed by atoms with Crippen LogP contribution < -0.4 is 5.32 Å². The van der Waals surface area contributed by atoms with Crippen molar-refractivity contribution >= 4 is 17.6 Å². The number of hydrogen-bond donors (Lipinski definition) is 2. The summed E-state index contributed by atoms with van der Waals surface area (Å²) in [6, 6.07) is 12.9. The quantitative estimate of drug-likeness (QED) is 0.890. The van der Waals surface area contributed by atoms with Crippen LogP contribution in [0, 0.1) is 12.7 Å². The first-order valence-electron chi connectivity index (χ1n) is 6.81. The third-order valence-corrected chi connectivity index (χ3v) is 3.35. The molecule has 0 spiro atoms. The van der Waals surface area contributed by atoms with E-state index in [1.165, 1.54) is 6.07 Å². The second-order valence-corrected chi connectivity index (χ2v) is 5.02. The average molecular weight is 301 g/mol. The fourth-order valence-electron chi connectivity index (χ4n) is 2.10. The van der Waals surface area contributed by atoms with Crippen molar-refractivity contribution in [1.29, 1.82) is 0 Å². The van der Waals surface area contributed by atoms with Gasteiger partial charge in [0.2, 0.25) is 5.91 Å². The van der Waals surface area contributed by atoms with E-state index in [4.69, 9.17) is 0 Å². The summed E-state index contributed by atoms with van der Waals surface area (Å²) >= 11 is 0. The van der Waals surface area contributed by atoms with E-state index in [-0.39, 0.29) is 6.42 Å². The number of carboxylic acid groups (broad SMARTS) is 1. The standard InChI is InChI=1S/C17H16FNO3/c1-11-7-8-13(9-15(11)18)19-16(20)10-14(17(21)22)12-5-3-2-4-6-12/h2-9,14H,10H2,1H3,(H,19,20)(H,21,22)/t14-/m0/s1. The summed E-state index contributed by atoms with van der Waals surface area (Å²) in [4.78, 5) is 23.3. The lowest BCUT2D eigenvalue weighted by molar-refractivity contribution is -0.140. The number of carbonyl (C=O) groups is 2. The molecule has 2 aromatic carbocycles. The van der Waals surface area contributed by atoms with E-state index < -0.39 is 23.6 Å². The molecule has 0 radical (unpaired) electrons. The zero-order valence-electron chi connectivity index (χ0n) is 12.0. The maximum Gasteiger partial charge on any atom is 0.311 e. The van der Waals surface area contributed by atoms with Crippen LogP contribution in [0.2, 0.25) is 0 Å². The first-order chi connectivity index (χ1) is 10.5. The topological polar surface area (TPSA) is 66.4 Å². The highest BCUT2D eigenvalue weighted by Crippen LogP contribution is 2.21. The Hall–Kier alpha value is -2.69. The zero-order chi connectivity index (χ0) is 16.1. The van der Waals surface area contributed by atoms with Gasteiger partial charge < -0.3 is 10.4 Å². The van der Waals surface area contributed by atoms with Gasteiger partial charge in [-0.1, -0.05) is 36.4 Å². The van der Waals surface area contributed by atoms with Gasteiger partial charge in [-0.25, -0.2) is 4.39 Å². The molecule has 5 heteroatoms. The summed E-state index contributed by atoms with van der Waals surface area (Å²) in [6.07, 6.45) is -0.213. The summed E-state index contributed by atoms with van der Waals surface area (Å²) in [5.74, 6) is -2.90.